The normalized spacial score (nSPS) is 11.4. The maximum Gasteiger partial charge on any atom is 0.341 e. The quantitative estimate of drug-likeness (QED) is 0.458. The Balaban J connectivity index is 2.66. The number of alkyl halides is 1. The first-order valence-corrected chi connectivity index (χ1v) is 10.7. The molecule has 0 N–H and O–H groups in total. The Hall–Kier alpha value is -0.683. The van der Waals surface area contributed by atoms with Crippen molar-refractivity contribution in [2.75, 3.05) is 6.61 Å². The third-order valence-corrected chi connectivity index (χ3v) is 4.84. The number of hydrogen-bond donors (Lipinski definition) is 0. The lowest BCUT2D eigenvalue weighted by molar-refractivity contribution is 0.0520. The molecule has 1 rings (SSSR count). The van der Waals surface area contributed by atoms with Crippen LogP contribution in [0.3, 0.4) is 0 Å². The molecular formula is C13H18BrFO2Si. The SMILES string of the molecule is C[Si](C)(C)CCOC(=O)c1cc(CBr)ccc1F. The molecule has 0 fully saturated rings. The smallest absolute Gasteiger partial charge is 0.341 e. The van der Waals surface area contributed by atoms with Crippen LogP contribution in [0.5, 0.6) is 0 Å². The summed E-state index contributed by atoms with van der Waals surface area (Å²) in [5.41, 5.74) is 0.871. The van der Waals surface area contributed by atoms with Gasteiger partial charge in [-0.2, -0.15) is 0 Å². The zero-order valence-electron chi connectivity index (χ0n) is 10.9. The summed E-state index contributed by atoms with van der Waals surface area (Å²) in [6.07, 6.45) is 0. The van der Waals surface area contributed by atoms with Crippen molar-refractivity contribution in [3.05, 3.63) is 35.1 Å². The second-order valence-electron chi connectivity index (χ2n) is 5.39. The molecule has 0 radical (unpaired) electrons. The summed E-state index contributed by atoms with van der Waals surface area (Å²) in [7, 11) is -1.23. The summed E-state index contributed by atoms with van der Waals surface area (Å²) in [5.74, 6) is -1.11. The monoisotopic (exact) mass is 332 g/mol. The van der Waals surface area contributed by atoms with Crippen LogP contribution in [-0.2, 0) is 10.1 Å². The maximum absolute atomic E-state index is 13.5. The molecular weight excluding hydrogens is 315 g/mol. The molecule has 0 aromatic heterocycles. The Labute approximate surface area is 117 Å². The third kappa shape index (κ3) is 4.90. The minimum absolute atomic E-state index is 0.0162. The van der Waals surface area contributed by atoms with Gasteiger partial charge in [0.1, 0.15) is 5.82 Å². The highest BCUT2D eigenvalue weighted by Gasteiger charge is 2.17. The van der Waals surface area contributed by atoms with Gasteiger partial charge in [0.25, 0.3) is 0 Å². The van der Waals surface area contributed by atoms with Gasteiger partial charge in [0.15, 0.2) is 0 Å². The molecule has 0 amide bonds. The van der Waals surface area contributed by atoms with Crippen molar-refractivity contribution >= 4 is 30.0 Å². The van der Waals surface area contributed by atoms with Gasteiger partial charge in [-0.25, -0.2) is 9.18 Å². The van der Waals surface area contributed by atoms with E-state index in [9.17, 15) is 9.18 Å². The van der Waals surface area contributed by atoms with Gasteiger partial charge in [-0.1, -0.05) is 41.6 Å². The standard InChI is InChI=1S/C13H18BrFO2Si/c1-18(2,3)7-6-17-13(16)11-8-10(9-14)4-5-12(11)15/h4-5,8H,6-7,9H2,1-3H3. The van der Waals surface area contributed by atoms with Crippen LogP contribution in [0.25, 0.3) is 0 Å². The summed E-state index contributed by atoms with van der Waals surface area (Å²) >= 11 is 3.28. The summed E-state index contributed by atoms with van der Waals surface area (Å²) in [6.45, 7) is 6.97. The summed E-state index contributed by atoms with van der Waals surface area (Å²) in [6, 6.07) is 5.36. The number of ether oxygens (including phenoxy) is 1. The number of carbonyl (C=O) groups excluding carboxylic acids is 1. The molecule has 0 bridgehead atoms. The van der Waals surface area contributed by atoms with E-state index in [0.717, 1.165) is 11.6 Å². The lowest BCUT2D eigenvalue weighted by Crippen LogP contribution is -2.23. The fraction of sp³-hybridized carbons (Fsp3) is 0.462. The first-order chi connectivity index (χ1) is 8.33. The van der Waals surface area contributed by atoms with Crippen LogP contribution in [-0.4, -0.2) is 20.7 Å². The van der Waals surface area contributed by atoms with Gasteiger partial charge < -0.3 is 4.74 Å². The first kappa shape index (κ1) is 15.4. The Morgan fingerprint density at radius 3 is 2.61 bits per heavy atom. The second kappa shape index (κ2) is 6.47. The predicted molar refractivity (Wildman–Crippen MR) is 77.5 cm³/mol. The van der Waals surface area contributed by atoms with E-state index in [1.165, 1.54) is 12.1 Å². The minimum atomic E-state index is -1.23. The van der Waals surface area contributed by atoms with E-state index in [2.05, 4.69) is 35.6 Å². The van der Waals surface area contributed by atoms with E-state index < -0.39 is 19.9 Å². The average Bonchev–Trinajstić information content (AvgIpc) is 2.27. The molecule has 0 heterocycles. The van der Waals surface area contributed by atoms with Crippen LogP contribution in [0.4, 0.5) is 4.39 Å². The fourth-order valence-electron chi connectivity index (χ4n) is 1.34. The number of rotatable bonds is 5. The number of hydrogen-bond acceptors (Lipinski definition) is 2. The number of carbonyl (C=O) groups is 1. The van der Waals surface area contributed by atoms with E-state index >= 15 is 0 Å². The van der Waals surface area contributed by atoms with Gasteiger partial charge in [0, 0.05) is 13.4 Å². The number of esters is 1. The summed E-state index contributed by atoms with van der Waals surface area (Å²) in [5, 5.41) is 0.586. The van der Waals surface area contributed by atoms with Crippen molar-refractivity contribution in [2.24, 2.45) is 0 Å². The van der Waals surface area contributed by atoms with Crippen molar-refractivity contribution in [2.45, 2.75) is 31.0 Å². The molecule has 0 atom stereocenters. The molecule has 0 unspecified atom stereocenters. The zero-order valence-corrected chi connectivity index (χ0v) is 13.5. The van der Waals surface area contributed by atoms with Crippen LogP contribution in [0.15, 0.2) is 18.2 Å². The lowest BCUT2D eigenvalue weighted by Gasteiger charge is -2.15. The largest absolute Gasteiger partial charge is 0.462 e. The van der Waals surface area contributed by atoms with Crippen LogP contribution in [0.1, 0.15) is 15.9 Å². The molecule has 0 aliphatic carbocycles. The Morgan fingerprint density at radius 1 is 1.39 bits per heavy atom. The minimum Gasteiger partial charge on any atom is -0.462 e. The van der Waals surface area contributed by atoms with Crippen LogP contribution < -0.4 is 0 Å². The molecule has 0 saturated heterocycles. The molecule has 18 heavy (non-hydrogen) atoms. The van der Waals surface area contributed by atoms with Gasteiger partial charge in [-0.05, 0) is 23.7 Å². The van der Waals surface area contributed by atoms with Gasteiger partial charge in [-0.3, -0.25) is 0 Å². The Kier molecular flexibility index (Phi) is 5.53. The van der Waals surface area contributed by atoms with E-state index in [-0.39, 0.29) is 5.56 Å². The topological polar surface area (TPSA) is 26.3 Å². The highest BCUT2D eigenvalue weighted by atomic mass is 79.9. The molecule has 1 aromatic carbocycles. The molecule has 100 valence electrons. The molecule has 0 aliphatic heterocycles. The molecule has 1 aromatic rings. The molecule has 0 aliphatic rings. The van der Waals surface area contributed by atoms with Gasteiger partial charge >= 0.3 is 5.97 Å². The molecule has 0 spiro atoms. The highest BCUT2D eigenvalue weighted by molar-refractivity contribution is 9.08. The van der Waals surface area contributed by atoms with Gasteiger partial charge in [-0.15, -0.1) is 0 Å². The maximum atomic E-state index is 13.5. The lowest BCUT2D eigenvalue weighted by atomic mass is 10.1. The first-order valence-electron chi connectivity index (χ1n) is 5.85. The van der Waals surface area contributed by atoms with Crippen LogP contribution in [0, 0.1) is 5.82 Å². The Morgan fingerprint density at radius 2 is 2.06 bits per heavy atom. The average molecular weight is 333 g/mol. The highest BCUT2D eigenvalue weighted by Crippen LogP contribution is 2.15. The van der Waals surface area contributed by atoms with Crippen molar-refractivity contribution in [1.29, 1.82) is 0 Å². The van der Waals surface area contributed by atoms with Crippen LogP contribution in [0.2, 0.25) is 25.7 Å². The zero-order chi connectivity index (χ0) is 13.8. The van der Waals surface area contributed by atoms with E-state index in [1.54, 1.807) is 6.07 Å². The summed E-state index contributed by atoms with van der Waals surface area (Å²) in [4.78, 5) is 11.8. The summed E-state index contributed by atoms with van der Waals surface area (Å²) < 4.78 is 18.6. The van der Waals surface area contributed by atoms with Crippen molar-refractivity contribution < 1.29 is 13.9 Å². The Bertz CT molecular complexity index is 429. The van der Waals surface area contributed by atoms with Crippen LogP contribution >= 0.6 is 15.9 Å². The third-order valence-electron chi connectivity index (χ3n) is 2.49. The van der Waals surface area contributed by atoms with Crippen molar-refractivity contribution in [3.63, 3.8) is 0 Å². The predicted octanol–water partition coefficient (Wildman–Crippen LogP) is 4.22. The van der Waals surface area contributed by atoms with E-state index in [1.807, 2.05) is 0 Å². The molecule has 5 heteroatoms. The van der Waals surface area contributed by atoms with Crippen molar-refractivity contribution in [3.8, 4) is 0 Å². The number of halogens is 2. The van der Waals surface area contributed by atoms with E-state index in [0.29, 0.717) is 11.9 Å². The fourth-order valence-corrected chi connectivity index (χ4v) is 2.40. The molecule has 2 nitrogen and oxygen atoms in total. The van der Waals surface area contributed by atoms with E-state index in [4.69, 9.17) is 4.74 Å². The van der Waals surface area contributed by atoms with Gasteiger partial charge in [0.2, 0.25) is 0 Å². The van der Waals surface area contributed by atoms with Crippen molar-refractivity contribution in [1.82, 2.24) is 0 Å². The second-order valence-corrected chi connectivity index (χ2v) is 11.6. The van der Waals surface area contributed by atoms with Gasteiger partial charge in [0.05, 0.1) is 12.2 Å². The molecule has 0 saturated carbocycles. The number of benzene rings is 1.